The van der Waals surface area contributed by atoms with E-state index in [-0.39, 0.29) is 17.4 Å². The molecule has 2 unspecified atom stereocenters. The number of nitrogens with one attached hydrogen (secondary N) is 1. The van der Waals surface area contributed by atoms with Crippen molar-refractivity contribution in [1.82, 2.24) is 10.2 Å². The molecule has 38 heavy (non-hydrogen) atoms. The number of carboxylic acid groups (broad SMARTS) is 1. The van der Waals surface area contributed by atoms with E-state index < -0.39 is 24.0 Å². The number of carboxylic acids is 1. The van der Waals surface area contributed by atoms with Crippen LogP contribution in [0.2, 0.25) is 0 Å². The van der Waals surface area contributed by atoms with E-state index in [4.69, 9.17) is 25.1 Å². The molecule has 1 aliphatic heterocycles. The minimum absolute atomic E-state index is 0.118. The van der Waals surface area contributed by atoms with Crippen molar-refractivity contribution in [3.05, 3.63) is 34.9 Å². The van der Waals surface area contributed by atoms with Crippen LogP contribution in [0.1, 0.15) is 62.6 Å². The van der Waals surface area contributed by atoms with Crippen molar-refractivity contribution in [3.8, 4) is 0 Å². The van der Waals surface area contributed by atoms with Crippen molar-refractivity contribution in [2.45, 2.75) is 82.9 Å². The monoisotopic (exact) mass is 543 g/mol. The average Bonchev–Trinajstić information content (AvgIpc) is 3.27. The number of carbonyl (C=O) groups excluding carboxylic acids is 1. The molecule has 2 atom stereocenters. The molecule has 0 bridgehead atoms. The summed E-state index contributed by atoms with van der Waals surface area (Å²) in [7, 11) is 3.46. The highest BCUT2D eigenvalue weighted by Gasteiger charge is 2.67. The molecule has 11 heteroatoms. The summed E-state index contributed by atoms with van der Waals surface area (Å²) in [5, 5.41) is 10.8. The van der Waals surface area contributed by atoms with Gasteiger partial charge in [-0.2, -0.15) is 13.2 Å². The van der Waals surface area contributed by atoms with Crippen molar-refractivity contribution < 1.29 is 37.3 Å². The van der Waals surface area contributed by atoms with Gasteiger partial charge in [0.05, 0.1) is 12.7 Å². The highest BCUT2D eigenvalue weighted by atomic mass is 19.4. The van der Waals surface area contributed by atoms with Gasteiger partial charge in [-0.05, 0) is 67.6 Å². The molecule has 2 spiro atoms. The van der Waals surface area contributed by atoms with Gasteiger partial charge < -0.3 is 19.5 Å². The number of alkyl halides is 3. The highest BCUT2D eigenvalue weighted by molar-refractivity contribution is 5.93. The summed E-state index contributed by atoms with van der Waals surface area (Å²) in [6.45, 7) is 5.50. The van der Waals surface area contributed by atoms with Gasteiger partial charge in [-0.3, -0.25) is 15.8 Å². The van der Waals surface area contributed by atoms with Crippen LogP contribution in [0.5, 0.6) is 0 Å². The molecule has 0 radical (unpaired) electrons. The van der Waals surface area contributed by atoms with Gasteiger partial charge in [-0.15, -0.1) is 0 Å². The normalized spacial score (nSPS) is 28.7. The topological polar surface area (TPSA) is 114 Å². The lowest BCUT2D eigenvalue weighted by atomic mass is 9.61. The Labute approximate surface area is 222 Å². The van der Waals surface area contributed by atoms with E-state index >= 15 is 0 Å². The van der Waals surface area contributed by atoms with E-state index in [1.165, 1.54) is 11.1 Å². The van der Waals surface area contributed by atoms with Crippen molar-refractivity contribution >= 4 is 11.9 Å². The van der Waals surface area contributed by atoms with Crippen molar-refractivity contribution in [2.75, 3.05) is 27.4 Å². The maximum atomic E-state index is 14.1. The minimum Gasteiger partial charge on any atom is -0.475 e. The van der Waals surface area contributed by atoms with E-state index in [2.05, 4.69) is 37.4 Å². The van der Waals surface area contributed by atoms with Gasteiger partial charge in [0.15, 0.2) is 0 Å². The number of aryl methyl sites for hydroxylation is 1. The van der Waals surface area contributed by atoms with E-state index in [1.54, 1.807) is 19.1 Å². The number of halogens is 3. The Kier molecular flexibility index (Phi) is 9.49. The van der Waals surface area contributed by atoms with Gasteiger partial charge >= 0.3 is 12.1 Å². The zero-order valence-corrected chi connectivity index (χ0v) is 22.6. The number of amides is 1. The molecule has 214 valence electrons. The Morgan fingerprint density at radius 2 is 1.89 bits per heavy atom. The maximum absolute atomic E-state index is 14.1. The van der Waals surface area contributed by atoms with Crippen LogP contribution in [0, 0.1) is 11.3 Å². The number of fused-ring (bicyclic) bond motifs is 3. The summed E-state index contributed by atoms with van der Waals surface area (Å²) in [4.78, 5) is 24.8. The molecule has 2 fully saturated rings. The Morgan fingerprint density at radius 1 is 1.26 bits per heavy atom. The van der Waals surface area contributed by atoms with E-state index in [0.717, 1.165) is 50.5 Å². The largest absolute Gasteiger partial charge is 0.490 e. The number of nitrogens with zero attached hydrogens (tertiary/aromatic N) is 1. The summed E-state index contributed by atoms with van der Waals surface area (Å²) in [5.41, 5.74) is 9.38. The lowest BCUT2D eigenvalue weighted by Crippen LogP contribution is -2.57. The van der Waals surface area contributed by atoms with Crippen molar-refractivity contribution in [3.63, 3.8) is 0 Å². The van der Waals surface area contributed by atoms with Crippen molar-refractivity contribution in [2.24, 2.45) is 17.1 Å². The highest BCUT2D eigenvalue weighted by Crippen LogP contribution is 2.60. The molecule has 1 heterocycles. The number of benzene rings is 1. The molecule has 1 amide bonds. The van der Waals surface area contributed by atoms with Gasteiger partial charge in [-0.25, -0.2) is 4.79 Å². The van der Waals surface area contributed by atoms with Crippen LogP contribution in [0.4, 0.5) is 13.2 Å². The van der Waals surface area contributed by atoms with Gasteiger partial charge in [-0.1, -0.05) is 32.0 Å². The van der Waals surface area contributed by atoms with Crippen LogP contribution in [-0.2, 0) is 37.4 Å². The Morgan fingerprint density at radius 3 is 2.42 bits per heavy atom. The minimum atomic E-state index is -5.08. The van der Waals surface area contributed by atoms with Gasteiger partial charge in [0, 0.05) is 26.2 Å². The average molecular weight is 544 g/mol. The van der Waals surface area contributed by atoms with Gasteiger partial charge in [0.25, 0.3) is 5.91 Å². The summed E-state index contributed by atoms with van der Waals surface area (Å²) < 4.78 is 42.7. The predicted molar refractivity (Wildman–Crippen MR) is 135 cm³/mol. The zero-order valence-electron chi connectivity index (χ0n) is 22.6. The fourth-order valence-corrected chi connectivity index (χ4v) is 6.16. The van der Waals surface area contributed by atoms with Crippen LogP contribution in [0.3, 0.4) is 0 Å². The molecule has 0 aromatic heterocycles. The molecule has 4 N–H and O–H groups in total. The van der Waals surface area contributed by atoms with Crippen LogP contribution in [0.25, 0.3) is 0 Å². The number of rotatable bonds is 7. The molecule has 4 rings (SSSR count). The SMILES string of the molecule is COCCN1C(=O)C2(NC1N)c1cc(CCC(C)C)ccc1CC21CCC(OC)CC1.O=C(O)C(F)(F)F. The molecule has 3 aliphatic rings. The first-order valence-electron chi connectivity index (χ1n) is 13.1. The first-order valence-corrected chi connectivity index (χ1v) is 13.1. The Bertz CT molecular complexity index is 995. The fourth-order valence-electron chi connectivity index (χ4n) is 6.16. The second-order valence-corrected chi connectivity index (χ2v) is 10.9. The number of hydrogen-bond acceptors (Lipinski definition) is 6. The fraction of sp³-hybridized carbons (Fsp3) is 0.704. The summed E-state index contributed by atoms with van der Waals surface area (Å²) in [5.74, 6) is -1.98. The molecule has 1 saturated carbocycles. The Hall–Kier alpha value is -2.21. The van der Waals surface area contributed by atoms with E-state index in [1.807, 2.05) is 0 Å². The summed E-state index contributed by atoms with van der Waals surface area (Å²) in [6, 6.07) is 6.82. The molecule has 1 aromatic carbocycles. The summed E-state index contributed by atoms with van der Waals surface area (Å²) >= 11 is 0. The lowest BCUT2D eigenvalue weighted by Gasteiger charge is -2.46. The lowest BCUT2D eigenvalue weighted by molar-refractivity contribution is -0.192. The third-order valence-electron chi connectivity index (χ3n) is 8.20. The van der Waals surface area contributed by atoms with Crippen LogP contribution in [0.15, 0.2) is 18.2 Å². The van der Waals surface area contributed by atoms with E-state index in [9.17, 15) is 18.0 Å². The van der Waals surface area contributed by atoms with Gasteiger partial charge in [0.1, 0.15) is 11.8 Å². The first kappa shape index (κ1) is 30.3. The second-order valence-electron chi connectivity index (χ2n) is 10.9. The van der Waals surface area contributed by atoms with E-state index in [0.29, 0.717) is 19.1 Å². The molecule has 1 saturated heterocycles. The van der Waals surface area contributed by atoms with Crippen molar-refractivity contribution in [1.29, 1.82) is 0 Å². The zero-order chi connectivity index (χ0) is 28.3. The predicted octanol–water partition coefficient (Wildman–Crippen LogP) is 3.56. The second kappa shape index (κ2) is 11.9. The van der Waals surface area contributed by atoms with Crippen LogP contribution in [-0.4, -0.2) is 67.8 Å². The third-order valence-corrected chi connectivity index (χ3v) is 8.20. The third kappa shape index (κ3) is 5.85. The molecule has 2 aliphatic carbocycles. The van der Waals surface area contributed by atoms with Gasteiger partial charge in [0.2, 0.25) is 0 Å². The smallest absolute Gasteiger partial charge is 0.475 e. The molecule has 1 aromatic rings. The number of carbonyl (C=O) groups is 2. The van der Waals surface area contributed by atoms with Crippen LogP contribution >= 0.6 is 0 Å². The number of nitrogens with two attached hydrogens (primary N) is 1. The standard InChI is InChI=1S/C25H39N3O3.C2HF3O2/c1-17(2)5-6-18-7-8-19-16-24(11-9-20(31-4)10-12-24)25(21(19)15-18)22(29)28(13-14-30-3)23(26)27-25;3-2(4,5)1(6)7/h7-8,15,17,20,23,27H,5-6,9-14,16,26H2,1-4H3;(H,6,7). The molecular formula is C27H40F3N3O5. The number of methoxy groups -OCH3 is 2. The number of hydrogen-bond donors (Lipinski definition) is 3. The maximum Gasteiger partial charge on any atom is 0.490 e. The number of ether oxygens (including phenoxy) is 2. The van der Waals surface area contributed by atoms with Crippen LogP contribution < -0.4 is 11.1 Å². The quantitative estimate of drug-likeness (QED) is 0.482. The number of aliphatic carboxylic acids is 1. The Balaban J connectivity index is 0.000000505. The summed E-state index contributed by atoms with van der Waals surface area (Å²) in [6.07, 6.45) is 1.69. The first-order chi connectivity index (χ1) is 17.8. The molecule has 8 nitrogen and oxygen atoms in total. The molecular weight excluding hydrogens is 503 g/mol.